The maximum Gasteiger partial charge on any atom is 0.254 e. The first kappa shape index (κ1) is 53.1. The number of likely N-dealkylation sites (tertiary alicyclic amines) is 2. The van der Waals surface area contributed by atoms with E-state index in [1.54, 1.807) is 24.1 Å². The summed E-state index contributed by atoms with van der Waals surface area (Å²) < 4.78 is 8.08. The molecule has 0 aliphatic carbocycles. The predicted octanol–water partition coefficient (Wildman–Crippen LogP) is 5.43. The number of aromatic nitrogens is 2. The van der Waals surface area contributed by atoms with Crippen molar-refractivity contribution < 1.29 is 33.5 Å². The molecule has 1 aromatic heterocycles. The maximum atomic E-state index is 13.0. The number of fused-ring (bicyclic) bond motifs is 1. The molecule has 0 bridgehead atoms. The third-order valence-corrected chi connectivity index (χ3v) is 14.2. The highest BCUT2D eigenvalue weighted by molar-refractivity contribution is 6.01. The molecule has 70 heavy (non-hydrogen) atoms. The van der Waals surface area contributed by atoms with E-state index in [1.165, 1.54) is 70.4 Å². The highest BCUT2D eigenvalue weighted by Crippen LogP contribution is 2.40. The topological polar surface area (TPSA) is 196 Å². The molecule has 0 spiro atoms. The van der Waals surface area contributed by atoms with Gasteiger partial charge in [-0.1, -0.05) is 30.3 Å². The van der Waals surface area contributed by atoms with Crippen LogP contribution < -0.4 is 21.1 Å². The summed E-state index contributed by atoms with van der Waals surface area (Å²) in [6.07, 6.45) is 9.44. The number of para-hydroxylation sites is 1. The number of amides is 4. The molecular weight excluding hydrogens is 889 g/mol. The van der Waals surface area contributed by atoms with Crippen LogP contribution in [0.2, 0.25) is 0 Å². The number of benzene rings is 3. The summed E-state index contributed by atoms with van der Waals surface area (Å²) in [7, 11) is 5.37. The van der Waals surface area contributed by atoms with Gasteiger partial charge < -0.3 is 35.4 Å². The predicted molar refractivity (Wildman–Crippen MR) is 271 cm³/mol. The number of hydrogen-bond donors (Lipinski definition) is 3. The number of carbonyl (C=O) groups is 6. The third-order valence-electron chi connectivity index (χ3n) is 14.2. The molecule has 4 N–H and O–H groups in total. The molecule has 0 saturated carbocycles. The van der Waals surface area contributed by atoms with Gasteiger partial charge in [0.1, 0.15) is 23.0 Å². The Kier molecular flexibility index (Phi) is 20.2. The smallest absolute Gasteiger partial charge is 0.254 e. The van der Waals surface area contributed by atoms with Crippen LogP contribution in [-0.4, -0.2) is 164 Å². The van der Waals surface area contributed by atoms with Crippen molar-refractivity contribution in [2.75, 3.05) is 91.9 Å². The number of anilines is 1. The average molecular weight is 961 g/mol. The Morgan fingerprint density at radius 3 is 2.17 bits per heavy atom. The van der Waals surface area contributed by atoms with Crippen molar-refractivity contribution in [1.29, 1.82) is 0 Å². The van der Waals surface area contributed by atoms with E-state index in [-0.39, 0.29) is 18.4 Å². The molecule has 0 radical (unpaired) electrons. The van der Waals surface area contributed by atoms with Crippen molar-refractivity contribution in [2.45, 2.75) is 70.5 Å². The fourth-order valence-corrected chi connectivity index (χ4v) is 9.86. The molecule has 8 rings (SSSR count). The molecule has 376 valence electrons. The average Bonchev–Trinajstić information content (AvgIpc) is 3.79. The molecule has 4 aliphatic rings. The summed E-state index contributed by atoms with van der Waals surface area (Å²) in [6.45, 7) is 12.2. The molecular formula is C53H72N10O7. The minimum atomic E-state index is -0.400. The monoisotopic (exact) mass is 961 g/mol. The molecule has 3 saturated heterocycles. The number of imide groups is 1. The Labute approximate surface area is 412 Å². The largest absolute Gasteiger partial charge is 0.457 e. The lowest BCUT2D eigenvalue weighted by molar-refractivity contribution is -0.125. The molecule has 5 heterocycles. The van der Waals surface area contributed by atoms with E-state index in [0.717, 1.165) is 78.8 Å². The molecule has 17 nitrogen and oxygen atoms in total. The second kappa shape index (κ2) is 26.6. The first-order valence-electron chi connectivity index (χ1n) is 24.7. The Morgan fingerprint density at radius 1 is 0.843 bits per heavy atom. The summed E-state index contributed by atoms with van der Waals surface area (Å²) in [4.78, 5) is 79.9. The van der Waals surface area contributed by atoms with Gasteiger partial charge in [-0.2, -0.15) is 5.10 Å². The van der Waals surface area contributed by atoms with Gasteiger partial charge >= 0.3 is 0 Å². The molecule has 2 atom stereocenters. The number of ether oxygens (including phenoxy) is 1. The highest BCUT2D eigenvalue weighted by atomic mass is 16.5. The van der Waals surface area contributed by atoms with Crippen LogP contribution >= 0.6 is 0 Å². The number of nitrogens with two attached hydrogens (primary N) is 1. The molecule has 3 aromatic carbocycles. The molecule has 2 unspecified atom stereocenters. The van der Waals surface area contributed by atoms with E-state index in [0.29, 0.717) is 67.4 Å². The van der Waals surface area contributed by atoms with Crippen LogP contribution in [0.1, 0.15) is 94.5 Å². The van der Waals surface area contributed by atoms with E-state index in [1.807, 2.05) is 67.6 Å². The van der Waals surface area contributed by atoms with Gasteiger partial charge in [0.25, 0.3) is 5.91 Å². The van der Waals surface area contributed by atoms with E-state index in [2.05, 4.69) is 42.8 Å². The summed E-state index contributed by atoms with van der Waals surface area (Å²) in [6, 6.07) is 22.9. The van der Waals surface area contributed by atoms with Gasteiger partial charge in [-0.15, -0.1) is 0 Å². The number of rotatable bonds is 17. The number of nitrogens with zero attached hydrogens (tertiary/aromatic N) is 7. The lowest BCUT2D eigenvalue weighted by Gasteiger charge is -2.40. The summed E-state index contributed by atoms with van der Waals surface area (Å²) in [5.41, 5.74) is 8.39. The Hall–Kier alpha value is -6.27. The number of piperidine rings is 2. The van der Waals surface area contributed by atoms with Crippen molar-refractivity contribution >= 4 is 43.0 Å². The summed E-state index contributed by atoms with van der Waals surface area (Å²) in [5, 5.41) is 10.6. The van der Waals surface area contributed by atoms with Crippen LogP contribution in [0.4, 0.5) is 5.82 Å². The lowest BCUT2D eigenvalue weighted by Crippen LogP contribution is -2.45. The number of carbonyl (C=O) groups excluding carboxylic acids is 6. The zero-order valence-corrected chi connectivity index (χ0v) is 41.3. The quantitative estimate of drug-likeness (QED) is 0.114. The van der Waals surface area contributed by atoms with Gasteiger partial charge in [0.2, 0.25) is 18.7 Å². The fraction of sp³-hybridized carbons (Fsp3) is 0.491. The Balaban J connectivity index is 0.000000229. The van der Waals surface area contributed by atoms with Gasteiger partial charge in [-0.3, -0.25) is 39.0 Å². The van der Waals surface area contributed by atoms with Crippen molar-refractivity contribution in [3.8, 4) is 22.8 Å². The first-order valence-corrected chi connectivity index (χ1v) is 24.7. The lowest BCUT2D eigenvalue weighted by atomic mass is 9.86. The minimum Gasteiger partial charge on any atom is -0.457 e. The van der Waals surface area contributed by atoms with Crippen LogP contribution in [0, 0.1) is 11.8 Å². The number of piperazine rings is 1. The van der Waals surface area contributed by atoms with Crippen LogP contribution in [-0.2, 0) is 20.9 Å². The van der Waals surface area contributed by atoms with Gasteiger partial charge in [0, 0.05) is 76.5 Å². The highest BCUT2D eigenvalue weighted by Gasteiger charge is 2.35. The SMILES string of the molecule is CC(CCC(=O)NC=O)N(C)C(=O)c1cc(CN2CCN(C=O)CC2)ccc1C=O.CN.CN1CCC(CN2CCC(C3CCNc4c(C=O)c(-c5ccc(Oc6ccccc6)cc5)nn43)CC2)CC1. The Morgan fingerprint density at radius 2 is 1.53 bits per heavy atom. The summed E-state index contributed by atoms with van der Waals surface area (Å²) >= 11 is 0. The molecule has 3 fully saturated rings. The van der Waals surface area contributed by atoms with E-state index >= 15 is 0 Å². The van der Waals surface area contributed by atoms with Crippen molar-refractivity contribution in [3.05, 3.63) is 95.1 Å². The van der Waals surface area contributed by atoms with E-state index in [9.17, 15) is 28.8 Å². The van der Waals surface area contributed by atoms with Gasteiger partial charge in [-0.05, 0) is 146 Å². The fourth-order valence-electron chi connectivity index (χ4n) is 9.86. The standard InChI is InChI=1S/C31H39N5O2.C21H28N4O5.CH5N/c1-34-17-12-23(13-18-34)21-35-19-14-24(15-20-35)29-11-16-32-31-28(22-37)30(33-36(29)31)25-7-9-27(10-8-25)38-26-5-3-2-4-6-26;1-16(3-6-20(29)22-14-27)23(2)21(30)19-11-17(4-5-18(19)13-26)12-24-7-9-25(15-28)10-8-24;1-2/h2-10,22-24,29,32H,11-21H2,1H3;4-5,11,13-16H,3,6-10,12H2,1-2H3,(H,22,27,29);2H2,1H3. The second-order valence-corrected chi connectivity index (χ2v) is 18.7. The van der Waals surface area contributed by atoms with Gasteiger partial charge in [0.05, 0.1) is 17.2 Å². The van der Waals surface area contributed by atoms with Crippen molar-refractivity contribution in [2.24, 2.45) is 17.6 Å². The Bertz CT molecular complexity index is 2320. The van der Waals surface area contributed by atoms with Crippen LogP contribution in [0.15, 0.2) is 72.8 Å². The van der Waals surface area contributed by atoms with Crippen LogP contribution in [0.3, 0.4) is 0 Å². The van der Waals surface area contributed by atoms with Gasteiger partial charge in [0.15, 0.2) is 12.6 Å². The maximum absolute atomic E-state index is 13.0. The number of aldehydes is 2. The minimum absolute atomic E-state index is 0.116. The second-order valence-electron chi connectivity index (χ2n) is 18.7. The summed E-state index contributed by atoms with van der Waals surface area (Å²) in [5.74, 6) is 3.19. The molecule has 17 heteroatoms. The van der Waals surface area contributed by atoms with Crippen LogP contribution in [0.5, 0.6) is 11.5 Å². The van der Waals surface area contributed by atoms with E-state index < -0.39 is 5.91 Å². The van der Waals surface area contributed by atoms with Crippen LogP contribution in [0.25, 0.3) is 11.3 Å². The number of nitrogens with one attached hydrogen (secondary N) is 2. The van der Waals surface area contributed by atoms with E-state index in [4.69, 9.17) is 9.84 Å². The zero-order chi connectivity index (χ0) is 50.0. The van der Waals surface area contributed by atoms with Crippen molar-refractivity contribution in [3.63, 3.8) is 0 Å². The third kappa shape index (κ3) is 14.2. The molecule has 4 amide bonds. The molecule has 4 aliphatic heterocycles. The number of hydrogen-bond acceptors (Lipinski definition) is 13. The normalized spacial score (nSPS) is 18.3. The van der Waals surface area contributed by atoms with Gasteiger partial charge in [-0.25, -0.2) is 4.68 Å². The van der Waals surface area contributed by atoms with Crippen molar-refractivity contribution in [1.82, 2.24) is 39.6 Å². The molecule has 4 aromatic rings. The first-order chi connectivity index (χ1) is 34.1. The zero-order valence-electron chi connectivity index (χ0n) is 41.3.